The fourth-order valence-corrected chi connectivity index (χ4v) is 3.38. The number of nitrogens with zero attached hydrogens (tertiary/aromatic N) is 2. The van der Waals surface area contributed by atoms with Gasteiger partial charge in [0.05, 0.1) is 25.8 Å². The number of nitrogens with one attached hydrogen (secondary N) is 2. The Bertz CT molecular complexity index is 441. The maximum Gasteiger partial charge on any atom is 0.191 e. The molecule has 0 aromatic carbocycles. The molecule has 1 aromatic rings. The van der Waals surface area contributed by atoms with Gasteiger partial charge in [-0.2, -0.15) is 0 Å². The number of guanidine groups is 1. The van der Waals surface area contributed by atoms with Crippen molar-refractivity contribution < 1.29 is 4.74 Å². The smallest absolute Gasteiger partial charge is 0.191 e. The van der Waals surface area contributed by atoms with E-state index in [0.717, 1.165) is 45.4 Å². The Morgan fingerprint density at radius 1 is 1.41 bits per heavy atom. The van der Waals surface area contributed by atoms with E-state index in [1.807, 2.05) is 11.3 Å². The Kier molecular flexibility index (Phi) is 7.15. The third kappa shape index (κ3) is 5.26. The summed E-state index contributed by atoms with van der Waals surface area (Å²) >= 11 is 1.81. The number of ether oxygens (including phenoxy) is 1. The molecule has 1 fully saturated rings. The number of thiophene rings is 1. The lowest BCUT2D eigenvalue weighted by molar-refractivity contribution is 0.0186. The highest BCUT2D eigenvalue weighted by molar-refractivity contribution is 7.10. The summed E-state index contributed by atoms with van der Waals surface area (Å²) in [6, 6.07) is 5.05. The Labute approximate surface area is 137 Å². The van der Waals surface area contributed by atoms with E-state index >= 15 is 0 Å². The third-order valence-electron chi connectivity index (χ3n) is 3.55. The van der Waals surface area contributed by atoms with Crippen LogP contribution in [0.1, 0.15) is 31.7 Å². The van der Waals surface area contributed by atoms with Crippen molar-refractivity contribution >= 4 is 17.3 Å². The molecule has 124 valence electrons. The SMILES string of the molecule is CCNC(=NCC(c1cccs1)N1CCOCC1)NC(C)C. The summed E-state index contributed by atoms with van der Waals surface area (Å²) in [5, 5.41) is 8.84. The summed E-state index contributed by atoms with van der Waals surface area (Å²) in [6.45, 7) is 11.6. The topological polar surface area (TPSA) is 48.9 Å². The highest BCUT2D eigenvalue weighted by Gasteiger charge is 2.23. The van der Waals surface area contributed by atoms with Crippen molar-refractivity contribution in [2.75, 3.05) is 39.4 Å². The van der Waals surface area contributed by atoms with Gasteiger partial charge in [-0.3, -0.25) is 9.89 Å². The largest absolute Gasteiger partial charge is 0.379 e. The summed E-state index contributed by atoms with van der Waals surface area (Å²) in [5.41, 5.74) is 0. The molecule has 0 radical (unpaired) electrons. The van der Waals surface area contributed by atoms with Crippen molar-refractivity contribution in [3.63, 3.8) is 0 Å². The lowest BCUT2D eigenvalue weighted by Gasteiger charge is -2.33. The number of morpholine rings is 1. The second-order valence-electron chi connectivity index (χ2n) is 5.70. The van der Waals surface area contributed by atoms with Crippen molar-refractivity contribution in [3.05, 3.63) is 22.4 Å². The van der Waals surface area contributed by atoms with Crippen LogP contribution in [0.3, 0.4) is 0 Å². The van der Waals surface area contributed by atoms with Gasteiger partial charge in [0.1, 0.15) is 0 Å². The molecule has 22 heavy (non-hydrogen) atoms. The van der Waals surface area contributed by atoms with Gasteiger partial charge < -0.3 is 15.4 Å². The van der Waals surface area contributed by atoms with E-state index in [4.69, 9.17) is 9.73 Å². The van der Waals surface area contributed by atoms with Crippen molar-refractivity contribution in [1.82, 2.24) is 15.5 Å². The van der Waals surface area contributed by atoms with Gasteiger partial charge in [0.15, 0.2) is 5.96 Å². The Hall–Kier alpha value is -1.11. The molecule has 1 aromatic heterocycles. The number of aliphatic imine (C=N–C) groups is 1. The molecule has 1 aliphatic rings. The van der Waals surface area contributed by atoms with E-state index in [2.05, 4.69) is 53.8 Å². The fraction of sp³-hybridized carbons (Fsp3) is 0.688. The van der Waals surface area contributed by atoms with Gasteiger partial charge in [0.25, 0.3) is 0 Å². The third-order valence-corrected chi connectivity index (χ3v) is 4.52. The molecule has 0 spiro atoms. The van der Waals surface area contributed by atoms with Crippen LogP contribution in [-0.4, -0.2) is 56.3 Å². The summed E-state index contributed by atoms with van der Waals surface area (Å²) in [6.07, 6.45) is 0. The van der Waals surface area contributed by atoms with Gasteiger partial charge in [-0.25, -0.2) is 0 Å². The van der Waals surface area contributed by atoms with Gasteiger partial charge in [0.2, 0.25) is 0 Å². The Morgan fingerprint density at radius 2 is 2.18 bits per heavy atom. The molecule has 1 atom stereocenters. The highest BCUT2D eigenvalue weighted by Crippen LogP contribution is 2.26. The summed E-state index contributed by atoms with van der Waals surface area (Å²) in [5.74, 6) is 0.896. The standard InChI is InChI=1S/C16H28N4OS/c1-4-17-16(19-13(2)3)18-12-14(15-6-5-11-22-15)20-7-9-21-10-8-20/h5-6,11,13-14H,4,7-10,12H2,1-3H3,(H2,17,18,19). The minimum atomic E-state index is 0.339. The monoisotopic (exact) mass is 324 g/mol. The number of rotatable bonds is 6. The van der Waals surface area contributed by atoms with Crippen LogP contribution in [0.2, 0.25) is 0 Å². The van der Waals surface area contributed by atoms with E-state index in [1.54, 1.807) is 0 Å². The van der Waals surface area contributed by atoms with Gasteiger partial charge >= 0.3 is 0 Å². The van der Waals surface area contributed by atoms with E-state index in [-0.39, 0.29) is 0 Å². The lowest BCUT2D eigenvalue weighted by Crippen LogP contribution is -2.43. The zero-order valence-electron chi connectivity index (χ0n) is 13.8. The molecule has 0 saturated carbocycles. The second kappa shape index (κ2) is 9.12. The minimum Gasteiger partial charge on any atom is -0.379 e. The number of hydrogen-bond acceptors (Lipinski definition) is 4. The van der Waals surface area contributed by atoms with Crippen LogP contribution in [0.25, 0.3) is 0 Å². The minimum absolute atomic E-state index is 0.339. The average molecular weight is 324 g/mol. The number of hydrogen-bond donors (Lipinski definition) is 2. The van der Waals surface area contributed by atoms with Crippen molar-refractivity contribution in [1.29, 1.82) is 0 Å². The van der Waals surface area contributed by atoms with Gasteiger partial charge in [-0.15, -0.1) is 11.3 Å². The van der Waals surface area contributed by atoms with Crippen LogP contribution in [0.4, 0.5) is 0 Å². The first-order chi connectivity index (χ1) is 10.7. The zero-order valence-corrected chi connectivity index (χ0v) is 14.7. The van der Waals surface area contributed by atoms with E-state index < -0.39 is 0 Å². The molecule has 2 heterocycles. The molecule has 1 aliphatic heterocycles. The second-order valence-corrected chi connectivity index (χ2v) is 6.68. The summed E-state index contributed by atoms with van der Waals surface area (Å²) in [7, 11) is 0. The molecule has 6 heteroatoms. The highest BCUT2D eigenvalue weighted by atomic mass is 32.1. The van der Waals surface area contributed by atoms with E-state index in [9.17, 15) is 0 Å². The molecule has 2 N–H and O–H groups in total. The predicted octanol–water partition coefficient (Wildman–Crippen LogP) is 2.08. The van der Waals surface area contributed by atoms with Crippen LogP contribution in [0.5, 0.6) is 0 Å². The Balaban J connectivity index is 2.07. The van der Waals surface area contributed by atoms with Crippen molar-refractivity contribution in [2.45, 2.75) is 32.9 Å². The first-order valence-electron chi connectivity index (χ1n) is 8.10. The quantitative estimate of drug-likeness (QED) is 0.621. The van der Waals surface area contributed by atoms with Gasteiger partial charge in [0, 0.05) is 30.6 Å². The van der Waals surface area contributed by atoms with Crippen LogP contribution in [-0.2, 0) is 4.74 Å². The van der Waals surface area contributed by atoms with Gasteiger partial charge in [-0.05, 0) is 32.2 Å². The molecule has 1 saturated heterocycles. The zero-order chi connectivity index (χ0) is 15.8. The molecule has 2 rings (SSSR count). The molecule has 1 unspecified atom stereocenters. The van der Waals surface area contributed by atoms with Crippen LogP contribution >= 0.6 is 11.3 Å². The summed E-state index contributed by atoms with van der Waals surface area (Å²) < 4.78 is 5.49. The molecule has 0 amide bonds. The van der Waals surface area contributed by atoms with Crippen molar-refractivity contribution in [3.8, 4) is 0 Å². The predicted molar refractivity (Wildman–Crippen MR) is 93.7 cm³/mol. The first-order valence-corrected chi connectivity index (χ1v) is 8.98. The molecule has 0 bridgehead atoms. The Morgan fingerprint density at radius 3 is 2.77 bits per heavy atom. The molecule has 5 nitrogen and oxygen atoms in total. The molecular weight excluding hydrogens is 296 g/mol. The van der Waals surface area contributed by atoms with E-state index in [0.29, 0.717) is 12.1 Å². The van der Waals surface area contributed by atoms with Crippen LogP contribution in [0, 0.1) is 0 Å². The van der Waals surface area contributed by atoms with E-state index in [1.165, 1.54) is 4.88 Å². The average Bonchev–Trinajstić information content (AvgIpc) is 3.02. The fourth-order valence-electron chi connectivity index (χ4n) is 2.53. The van der Waals surface area contributed by atoms with Crippen LogP contribution < -0.4 is 10.6 Å². The molecule has 0 aliphatic carbocycles. The summed E-state index contributed by atoms with van der Waals surface area (Å²) in [4.78, 5) is 8.67. The maximum absolute atomic E-state index is 5.49. The maximum atomic E-state index is 5.49. The van der Waals surface area contributed by atoms with Crippen molar-refractivity contribution in [2.24, 2.45) is 4.99 Å². The molecular formula is C16H28N4OS. The van der Waals surface area contributed by atoms with Gasteiger partial charge in [-0.1, -0.05) is 6.07 Å². The lowest BCUT2D eigenvalue weighted by atomic mass is 10.2. The first kappa shape index (κ1) is 17.2. The van der Waals surface area contributed by atoms with Crippen LogP contribution in [0.15, 0.2) is 22.5 Å². The normalized spacial score (nSPS) is 18.5.